The number of likely N-dealkylation sites (N-methyl/N-ethyl adjacent to an activating group) is 1. The van der Waals surface area contributed by atoms with Gasteiger partial charge >= 0.3 is 0 Å². The largest absolute Gasteiger partial charge is 0.310 e. The van der Waals surface area contributed by atoms with E-state index in [0.717, 1.165) is 18.5 Å². The monoisotopic (exact) mass is 195 g/mol. The first-order chi connectivity index (χ1) is 6.46. The van der Waals surface area contributed by atoms with Crippen molar-refractivity contribution in [1.29, 1.82) is 0 Å². The van der Waals surface area contributed by atoms with E-state index >= 15 is 0 Å². The zero-order valence-electron chi connectivity index (χ0n) is 9.68. The Hall–Kier alpha value is -0.630. The van der Waals surface area contributed by atoms with Crippen molar-refractivity contribution < 1.29 is 4.79 Å². The molecule has 0 aromatic carbocycles. The van der Waals surface area contributed by atoms with Crippen LogP contribution in [0, 0.1) is 5.41 Å². The molecule has 0 amide bonds. The summed E-state index contributed by atoms with van der Waals surface area (Å²) in [4.78, 5) is 11.7. The van der Waals surface area contributed by atoms with Gasteiger partial charge in [0.15, 0.2) is 5.78 Å². The average Bonchev–Trinajstić information content (AvgIpc) is 2.10. The second kappa shape index (κ2) is 4.26. The summed E-state index contributed by atoms with van der Waals surface area (Å²) in [6.07, 6.45) is 3.83. The quantitative estimate of drug-likeness (QED) is 0.748. The topological polar surface area (TPSA) is 29.1 Å². The minimum atomic E-state index is 0.187. The van der Waals surface area contributed by atoms with E-state index in [1.807, 2.05) is 0 Å². The second-order valence-corrected chi connectivity index (χ2v) is 4.79. The van der Waals surface area contributed by atoms with Gasteiger partial charge in [0.25, 0.3) is 0 Å². The van der Waals surface area contributed by atoms with Crippen molar-refractivity contribution in [3.8, 4) is 0 Å². The van der Waals surface area contributed by atoms with Crippen LogP contribution in [0.4, 0.5) is 0 Å². The van der Waals surface area contributed by atoms with Crippen LogP contribution in [0.25, 0.3) is 0 Å². The van der Waals surface area contributed by atoms with E-state index in [1.54, 1.807) is 0 Å². The van der Waals surface area contributed by atoms with Gasteiger partial charge in [-0.2, -0.15) is 0 Å². The van der Waals surface area contributed by atoms with Gasteiger partial charge in [0.1, 0.15) is 0 Å². The normalized spacial score (nSPS) is 23.1. The van der Waals surface area contributed by atoms with E-state index in [0.29, 0.717) is 12.2 Å². The van der Waals surface area contributed by atoms with Crippen molar-refractivity contribution in [1.82, 2.24) is 5.32 Å². The SMILES string of the molecule is CCNC(C)C1=CC(C)(C)CCC1=O. The van der Waals surface area contributed by atoms with E-state index in [-0.39, 0.29) is 11.5 Å². The summed E-state index contributed by atoms with van der Waals surface area (Å²) in [6.45, 7) is 9.42. The number of allylic oxidation sites excluding steroid dienone is 1. The molecule has 1 unspecified atom stereocenters. The highest BCUT2D eigenvalue weighted by atomic mass is 16.1. The van der Waals surface area contributed by atoms with E-state index in [2.05, 4.69) is 39.1 Å². The number of nitrogens with one attached hydrogen (secondary N) is 1. The van der Waals surface area contributed by atoms with Gasteiger partial charge < -0.3 is 5.32 Å². The number of ketones is 1. The van der Waals surface area contributed by atoms with E-state index in [1.165, 1.54) is 0 Å². The third-order valence-corrected chi connectivity index (χ3v) is 2.84. The molecule has 0 heterocycles. The van der Waals surface area contributed by atoms with Crippen LogP contribution in [-0.2, 0) is 4.79 Å². The smallest absolute Gasteiger partial charge is 0.160 e. The maximum absolute atomic E-state index is 11.7. The summed E-state index contributed by atoms with van der Waals surface area (Å²) in [7, 11) is 0. The lowest BCUT2D eigenvalue weighted by Gasteiger charge is -2.29. The Labute approximate surface area is 86.8 Å². The molecule has 0 aromatic heterocycles. The fourth-order valence-corrected chi connectivity index (χ4v) is 1.94. The lowest BCUT2D eigenvalue weighted by molar-refractivity contribution is -0.116. The minimum Gasteiger partial charge on any atom is -0.310 e. The molecule has 0 saturated heterocycles. The molecular formula is C12H21NO. The van der Waals surface area contributed by atoms with Gasteiger partial charge in [-0.25, -0.2) is 0 Å². The van der Waals surface area contributed by atoms with Gasteiger partial charge in [0, 0.05) is 18.0 Å². The predicted molar refractivity (Wildman–Crippen MR) is 59.2 cm³/mol. The van der Waals surface area contributed by atoms with Crippen LogP contribution in [0.2, 0.25) is 0 Å². The Bertz CT molecular complexity index is 253. The Morgan fingerprint density at radius 2 is 2.21 bits per heavy atom. The molecule has 0 bridgehead atoms. The molecule has 1 N–H and O–H groups in total. The summed E-state index contributed by atoms with van der Waals surface area (Å²) in [6, 6.07) is 0.201. The third-order valence-electron chi connectivity index (χ3n) is 2.84. The summed E-state index contributed by atoms with van der Waals surface area (Å²) in [5.41, 5.74) is 1.16. The van der Waals surface area contributed by atoms with Crippen LogP contribution < -0.4 is 5.32 Å². The standard InChI is InChI=1S/C12H21NO/c1-5-13-9(2)10-8-12(3,4)7-6-11(10)14/h8-9,13H,5-7H2,1-4H3. The first kappa shape index (κ1) is 11.4. The van der Waals surface area contributed by atoms with Crippen molar-refractivity contribution in [2.75, 3.05) is 6.54 Å². The fraction of sp³-hybridized carbons (Fsp3) is 0.750. The Balaban J connectivity index is 2.82. The first-order valence-corrected chi connectivity index (χ1v) is 5.45. The fourth-order valence-electron chi connectivity index (χ4n) is 1.94. The van der Waals surface area contributed by atoms with E-state index in [9.17, 15) is 4.79 Å². The Kier molecular flexibility index (Phi) is 3.48. The van der Waals surface area contributed by atoms with Crippen LogP contribution in [0.1, 0.15) is 40.5 Å². The van der Waals surface area contributed by atoms with Gasteiger partial charge in [0.05, 0.1) is 0 Å². The predicted octanol–water partition coefficient (Wildman–Crippen LogP) is 2.30. The van der Waals surface area contributed by atoms with Crippen molar-refractivity contribution in [3.63, 3.8) is 0 Å². The molecule has 2 nitrogen and oxygen atoms in total. The van der Waals surface area contributed by atoms with Gasteiger partial charge in [-0.3, -0.25) is 4.79 Å². The second-order valence-electron chi connectivity index (χ2n) is 4.79. The molecule has 2 heteroatoms. The lowest BCUT2D eigenvalue weighted by Crippen LogP contribution is -2.34. The Morgan fingerprint density at radius 3 is 2.79 bits per heavy atom. The molecule has 0 fully saturated rings. The number of carbonyl (C=O) groups excluding carboxylic acids is 1. The number of Topliss-reactive ketones (excluding diaryl/α,β-unsaturated/α-hetero) is 1. The molecule has 0 aliphatic heterocycles. The number of rotatable bonds is 3. The zero-order valence-corrected chi connectivity index (χ0v) is 9.68. The molecule has 14 heavy (non-hydrogen) atoms. The molecule has 0 saturated carbocycles. The van der Waals surface area contributed by atoms with Crippen molar-refractivity contribution in [2.45, 2.75) is 46.6 Å². The minimum absolute atomic E-state index is 0.187. The maximum atomic E-state index is 11.7. The Morgan fingerprint density at radius 1 is 1.57 bits per heavy atom. The van der Waals surface area contributed by atoms with Crippen LogP contribution >= 0.6 is 0 Å². The third kappa shape index (κ3) is 2.68. The molecule has 80 valence electrons. The van der Waals surface area contributed by atoms with Gasteiger partial charge in [-0.15, -0.1) is 0 Å². The molecular weight excluding hydrogens is 174 g/mol. The highest BCUT2D eigenvalue weighted by Crippen LogP contribution is 2.32. The van der Waals surface area contributed by atoms with Crippen LogP contribution in [0.15, 0.2) is 11.6 Å². The molecule has 1 aliphatic rings. The summed E-state index contributed by atoms with van der Waals surface area (Å²) < 4.78 is 0. The lowest BCUT2D eigenvalue weighted by atomic mass is 9.77. The summed E-state index contributed by atoms with van der Waals surface area (Å²) >= 11 is 0. The molecule has 1 atom stereocenters. The highest BCUT2D eigenvalue weighted by molar-refractivity contribution is 5.97. The number of hydrogen-bond donors (Lipinski definition) is 1. The van der Waals surface area contributed by atoms with Crippen molar-refractivity contribution >= 4 is 5.78 Å². The van der Waals surface area contributed by atoms with Gasteiger partial charge in [-0.05, 0) is 25.3 Å². The molecule has 0 aromatic rings. The maximum Gasteiger partial charge on any atom is 0.160 e. The molecule has 0 radical (unpaired) electrons. The number of hydrogen-bond acceptors (Lipinski definition) is 2. The summed E-state index contributed by atoms with van der Waals surface area (Å²) in [5, 5.41) is 3.29. The van der Waals surface area contributed by atoms with E-state index < -0.39 is 0 Å². The molecule has 1 aliphatic carbocycles. The zero-order chi connectivity index (χ0) is 10.8. The highest BCUT2D eigenvalue weighted by Gasteiger charge is 2.27. The van der Waals surface area contributed by atoms with Crippen LogP contribution in [-0.4, -0.2) is 18.4 Å². The van der Waals surface area contributed by atoms with Crippen molar-refractivity contribution in [2.24, 2.45) is 5.41 Å². The molecule has 1 rings (SSSR count). The first-order valence-electron chi connectivity index (χ1n) is 5.45. The van der Waals surface area contributed by atoms with Crippen LogP contribution in [0.5, 0.6) is 0 Å². The van der Waals surface area contributed by atoms with Crippen molar-refractivity contribution in [3.05, 3.63) is 11.6 Å². The molecule has 0 spiro atoms. The number of carbonyl (C=O) groups is 1. The van der Waals surface area contributed by atoms with Crippen LogP contribution in [0.3, 0.4) is 0 Å². The van der Waals surface area contributed by atoms with Gasteiger partial charge in [0.2, 0.25) is 0 Å². The average molecular weight is 195 g/mol. The summed E-state index contributed by atoms with van der Waals surface area (Å²) in [5.74, 6) is 0.317. The van der Waals surface area contributed by atoms with E-state index in [4.69, 9.17) is 0 Å². The van der Waals surface area contributed by atoms with Gasteiger partial charge in [-0.1, -0.05) is 26.8 Å².